The summed E-state index contributed by atoms with van der Waals surface area (Å²) in [5, 5.41) is 18.4. The van der Waals surface area contributed by atoms with Gasteiger partial charge in [0, 0.05) is 25.3 Å². The average Bonchev–Trinajstić information content (AvgIpc) is 3.31. The monoisotopic (exact) mass is 579 g/mol. The van der Waals surface area contributed by atoms with Crippen molar-refractivity contribution in [3.63, 3.8) is 0 Å². The van der Waals surface area contributed by atoms with Gasteiger partial charge in [0.1, 0.15) is 18.2 Å². The molecule has 1 aliphatic heterocycles. The summed E-state index contributed by atoms with van der Waals surface area (Å²) in [6.45, 7) is 3.23. The van der Waals surface area contributed by atoms with Gasteiger partial charge in [-0.1, -0.05) is 6.07 Å². The van der Waals surface area contributed by atoms with Gasteiger partial charge in [-0.25, -0.2) is 19.2 Å². The Morgan fingerprint density at radius 2 is 2.02 bits per heavy atom. The van der Waals surface area contributed by atoms with Crippen molar-refractivity contribution < 1.29 is 28.5 Å². The zero-order chi connectivity index (χ0) is 29.9. The number of hydrogen-bond donors (Lipinski definition) is 1. The molecule has 5 aromatic rings. The van der Waals surface area contributed by atoms with E-state index < -0.39 is 11.8 Å². The first-order chi connectivity index (χ1) is 20.9. The number of imidazole rings is 1. The fraction of sp³-hybridized carbons (Fsp3) is 0.219. The first kappa shape index (κ1) is 27.8. The highest BCUT2D eigenvalue weighted by molar-refractivity contribution is 5.92. The van der Waals surface area contributed by atoms with Crippen LogP contribution >= 0.6 is 0 Å². The van der Waals surface area contributed by atoms with Gasteiger partial charge in [0.25, 0.3) is 0 Å². The Balaban J connectivity index is 1.17. The van der Waals surface area contributed by atoms with Crippen LogP contribution in [0.2, 0.25) is 0 Å². The van der Waals surface area contributed by atoms with Crippen molar-refractivity contribution in [3.05, 3.63) is 107 Å². The molecule has 0 saturated carbocycles. The van der Waals surface area contributed by atoms with E-state index in [1.165, 1.54) is 18.3 Å². The van der Waals surface area contributed by atoms with Gasteiger partial charge < -0.3 is 23.9 Å². The zero-order valence-electron chi connectivity index (χ0n) is 23.2. The summed E-state index contributed by atoms with van der Waals surface area (Å²) in [7, 11) is 0. The SMILES string of the molecule is Cc1cc(Oc2ccnc(COc3ccc(C#N)cc3F)n2)ccc1Cc1nc2ccc(C(=O)O)cc2n1C[C@@H]1CCO1. The Kier molecular flexibility index (Phi) is 7.68. The van der Waals surface area contributed by atoms with E-state index in [-0.39, 0.29) is 29.6 Å². The highest BCUT2D eigenvalue weighted by Crippen LogP contribution is 2.27. The van der Waals surface area contributed by atoms with Gasteiger partial charge in [-0.2, -0.15) is 10.2 Å². The standard InChI is InChI=1S/C32H26FN5O5/c1-19-12-23(43-31-8-10-35-29(37-31)18-42-28-7-2-20(16-34)13-25(28)33)5-3-21(19)15-30-36-26-6-4-22(32(39)40)14-27(26)38(30)17-24-9-11-41-24/h2-8,10,12-14,24H,9,11,15,17-18H2,1H3,(H,39,40)/t24-/m0/s1. The molecule has 0 spiro atoms. The number of carboxylic acids is 1. The highest BCUT2D eigenvalue weighted by Gasteiger charge is 2.23. The number of nitrogens with zero attached hydrogens (tertiary/aromatic N) is 5. The Morgan fingerprint density at radius 1 is 1.16 bits per heavy atom. The number of carbonyl (C=O) groups is 1. The lowest BCUT2D eigenvalue weighted by molar-refractivity contribution is -0.0589. The van der Waals surface area contributed by atoms with Gasteiger partial charge in [-0.3, -0.25) is 0 Å². The summed E-state index contributed by atoms with van der Waals surface area (Å²) in [6, 6.07) is 18.2. The third-order valence-electron chi connectivity index (χ3n) is 7.24. The molecule has 1 atom stereocenters. The molecule has 216 valence electrons. The molecule has 0 amide bonds. The van der Waals surface area contributed by atoms with E-state index >= 15 is 0 Å². The normalized spacial score (nSPS) is 14.2. The van der Waals surface area contributed by atoms with Crippen LogP contribution < -0.4 is 9.47 Å². The molecule has 43 heavy (non-hydrogen) atoms. The van der Waals surface area contributed by atoms with Crippen LogP contribution in [0.4, 0.5) is 4.39 Å². The van der Waals surface area contributed by atoms with E-state index in [4.69, 9.17) is 24.5 Å². The van der Waals surface area contributed by atoms with E-state index in [2.05, 4.69) is 14.5 Å². The van der Waals surface area contributed by atoms with E-state index in [1.54, 1.807) is 24.3 Å². The van der Waals surface area contributed by atoms with Crippen molar-refractivity contribution in [1.82, 2.24) is 19.5 Å². The smallest absolute Gasteiger partial charge is 0.335 e. The van der Waals surface area contributed by atoms with Crippen molar-refractivity contribution in [3.8, 4) is 23.4 Å². The summed E-state index contributed by atoms with van der Waals surface area (Å²) in [4.78, 5) is 25.0. The first-order valence-corrected chi connectivity index (χ1v) is 13.6. The summed E-state index contributed by atoms with van der Waals surface area (Å²) >= 11 is 0. The fourth-order valence-corrected chi connectivity index (χ4v) is 4.83. The molecular weight excluding hydrogens is 553 g/mol. The maximum absolute atomic E-state index is 14.1. The lowest BCUT2D eigenvalue weighted by Crippen LogP contribution is -2.31. The van der Waals surface area contributed by atoms with Crippen LogP contribution in [0.3, 0.4) is 0 Å². The Hall–Kier alpha value is -5.34. The predicted octanol–water partition coefficient (Wildman–Crippen LogP) is 5.59. The van der Waals surface area contributed by atoms with Gasteiger partial charge in [0.05, 0.1) is 40.9 Å². The van der Waals surface area contributed by atoms with Gasteiger partial charge >= 0.3 is 5.97 Å². The molecule has 1 saturated heterocycles. The Bertz CT molecular complexity index is 1880. The summed E-state index contributed by atoms with van der Waals surface area (Å²) < 4.78 is 33.3. The molecule has 11 heteroatoms. The second-order valence-corrected chi connectivity index (χ2v) is 10.2. The van der Waals surface area contributed by atoms with Crippen molar-refractivity contribution in [2.24, 2.45) is 0 Å². The van der Waals surface area contributed by atoms with Crippen LogP contribution in [0.5, 0.6) is 17.4 Å². The number of aromatic nitrogens is 4. The molecule has 6 rings (SSSR count). The molecule has 0 bridgehead atoms. The predicted molar refractivity (Wildman–Crippen MR) is 153 cm³/mol. The third-order valence-corrected chi connectivity index (χ3v) is 7.24. The van der Waals surface area contributed by atoms with Crippen LogP contribution in [0.15, 0.2) is 66.9 Å². The molecule has 0 radical (unpaired) electrons. The minimum absolute atomic E-state index is 0.00352. The fourth-order valence-electron chi connectivity index (χ4n) is 4.83. The van der Waals surface area contributed by atoms with Crippen LogP contribution in [0.25, 0.3) is 11.0 Å². The number of ether oxygens (including phenoxy) is 3. The number of nitriles is 1. The molecule has 10 nitrogen and oxygen atoms in total. The summed E-state index contributed by atoms with van der Waals surface area (Å²) in [5.41, 5.74) is 3.95. The van der Waals surface area contributed by atoms with E-state index in [0.717, 1.165) is 47.1 Å². The van der Waals surface area contributed by atoms with E-state index in [1.807, 2.05) is 31.2 Å². The second kappa shape index (κ2) is 11.9. The van der Waals surface area contributed by atoms with Crippen molar-refractivity contribution in [2.75, 3.05) is 6.61 Å². The molecule has 3 aromatic carbocycles. The van der Waals surface area contributed by atoms with Crippen molar-refractivity contribution >= 4 is 17.0 Å². The van der Waals surface area contributed by atoms with Crippen molar-refractivity contribution in [2.45, 2.75) is 39.0 Å². The van der Waals surface area contributed by atoms with Crippen LogP contribution in [-0.4, -0.2) is 43.3 Å². The topological polar surface area (TPSA) is 132 Å². The molecular formula is C32H26FN5O5. The van der Waals surface area contributed by atoms with Gasteiger partial charge in [0.2, 0.25) is 5.88 Å². The number of aryl methyl sites for hydroxylation is 1. The quantitative estimate of drug-likeness (QED) is 0.225. The maximum atomic E-state index is 14.1. The Labute approximate surface area is 245 Å². The number of carboxylic acid groups (broad SMARTS) is 1. The number of hydrogen-bond acceptors (Lipinski definition) is 8. The number of rotatable bonds is 10. The lowest BCUT2D eigenvalue weighted by atomic mass is 10.0. The van der Waals surface area contributed by atoms with Crippen molar-refractivity contribution in [1.29, 1.82) is 5.26 Å². The van der Waals surface area contributed by atoms with Crippen LogP contribution in [0, 0.1) is 24.1 Å². The van der Waals surface area contributed by atoms with E-state index in [0.29, 0.717) is 30.4 Å². The first-order valence-electron chi connectivity index (χ1n) is 13.6. The molecule has 1 N–H and O–H groups in total. The van der Waals surface area contributed by atoms with Crippen LogP contribution in [0.1, 0.15) is 45.1 Å². The number of aromatic carboxylic acids is 1. The number of fused-ring (bicyclic) bond motifs is 1. The number of halogens is 1. The van der Waals surface area contributed by atoms with Gasteiger partial charge in [-0.15, -0.1) is 0 Å². The summed E-state index contributed by atoms with van der Waals surface area (Å²) in [6.07, 6.45) is 3.10. The molecule has 0 aliphatic carbocycles. The molecule has 1 aliphatic rings. The minimum Gasteiger partial charge on any atom is -0.483 e. The highest BCUT2D eigenvalue weighted by atomic mass is 19.1. The zero-order valence-corrected chi connectivity index (χ0v) is 23.2. The molecule has 3 heterocycles. The van der Waals surface area contributed by atoms with Gasteiger partial charge in [-0.05, 0) is 73.0 Å². The van der Waals surface area contributed by atoms with E-state index in [9.17, 15) is 14.3 Å². The minimum atomic E-state index is -0.980. The molecule has 0 unspecified atom stereocenters. The second-order valence-electron chi connectivity index (χ2n) is 10.2. The van der Waals surface area contributed by atoms with Crippen LogP contribution in [-0.2, 0) is 24.3 Å². The molecule has 1 fully saturated rings. The average molecular weight is 580 g/mol. The number of benzene rings is 3. The molecule has 2 aromatic heterocycles. The third kappa shape index (κ3) is 6.14. The largest absolute Gasteiger partial charge is 0.483 e. The summed E-state index contributed by atoms with van der Waals surface area (Å²) in [5.74, 6) is 0.380. The lowest BCUT2D eigenvalue weighted by Gasteiger charge is -2.27. The Morgan fingerprint density at radius 3 is 2.74 bits per heavy atom. The maximum Gasteiger partial charge on any atom is 0.335 e. The van der Waals surface area contributed by atoms with Gasteiger partial charge in [0.15, 0.2) is 17.4 Å².